The molecule has 0 radical (unpaired) electrons. The molecule has 2 nitrogen and oxygen atoms in total. The second-order valence-corrected chi connectivity index (χ2v) is 3.94. The summed E-state index contributed by atoms with van der Waals surface area (Å²) in [6.07, 6.45) is 0. The number of hydrogen-bond donors (Lipinski definition) is 0. The molecule has 0 unspecified atom stereocenters. The molecule has 0 saturated heterocycles. The van der Waals surface area contributed by atoms with E-state index in [0.29, 0.717) is 10.9 Å². The Morgan fingerprint density at radius 1 is 1.57 bits per heavy atom. The lowest BCUT2D eigenvalue weighted by Crippen LogP contribution is -2.08. The van der Waals surface area contributed by atoms with Crippen molar-refractivity contribution in [3.63, 3.8) is 0 Å². The Morgan fingerprint density at radius 2 is 2.21 bits per heavy atom. The van der Waals surface area contributed by atoms with Gasteiger partial charge in [-0.2, -0.15) is 0 Å². The Bertz CT molecular complexity index is 366. The number of carbonyl (C=O) groups is 1. The quantitative estimate of drug-likeness (QED) is 0.616. The molecule has 0 aliphatic carbocycles. The van der Waals surface area contributed by atoms with E-state index < -0.39 is 11.8 Å². The van der Waals surface area contributed by atoms with Gasteiger partial charge >= 0.3 is 5.97 Å². The molecular weight excluding hydrogens is 319 g/mol. The normalized spacial score (nSPS) is 10.0. The van der Waals surface area contributed by atoms with Gasteiger partial charge in [-0.1, -0.05) is 22.0 Å². The molecule has 0 aromatic heterocycles. The molecule has 0 aliphatic rings. The second-order valence-electron chi connectivity index (χ2n) is 2.52. The van der Waals surface area contributed by atoms with Crippen LogP contribution in [0.4, 0.5) is 4.39 Å². The van der Waals surface area contributed by atoms with Gasteiger partial charge in [-0.3, -0.25) is 0 Å². The highest BCUT2D eigenvalue weighted by Crippen LogP contribution is 2.24. The minimum Gasteiger partial charge on any atom is -0.465 e. The Morgan fingerprint density at radius 3 is 2.71 bits per heavy atom. The molecule has 1 aromatic carbocycles. The van der Waals surface area contributed by atoms with Crippen molar-refractivity contribution in [3.05, 3.63) is 33.5 Å². The van der Waals surface area contributed by atoms with Crippen molar-refractivity contribution < 1.29 is 13.9 Å². The summed E-state index contributed by atoms with van der Waals surface area (Å²) >= 11 is 6.18. The molecule has 0 aliphatic heterocycles. The van der Waals surface area contributed by atoms with E-state index >= 15 is 0 Å². The lowest BCUT2D eigenvalue weighted by Gasteiger charge is -2.07. The number of carbonyl (C=O) groups excluding carboxylic acids is 1. The standard InChI is InChI=1S/C9H7Br2FO2/c1-14-9(13)7-5(4-10)2-3-6(11)8(7)12/h2-3H,4H2,1H3. The number of methoxy groups -OCH3 is 1. The zero-order valence-corrected chi connectivity index (χ0v) is 10.5. The largest absolute Gasteiger partial charge is 0.465 e. The fraction of sp³-hybridized carbons (Fsp3) is 0.222. The molecule has 1 rings (SSSR count). The number of ether oxygens (including phenoxy) is 1. The number of benzene rings is 1. The fourth-order valence-electron chi connectivity index (χ4n) is 1.02. The number of hydrogen-bond acceptors (Lipinski definition) is 2. The minimum atomic E-state index is -0.668. The Labute approximate surface area is 97.7 Å². The van der Waals surface area contributed by atoms with Crippen molar-refractivity contribution in [1.29, 1.82) is 0 Å². The third kappa shape index (κ3) is 2.15. The summed E-state index contributed by atoms with van der Waals surface area (Å²) in [6.45, 7) is 0. The molecule has 0 saturated carbocycles. The number of rotatable bonds is 2. The third-order valence-corrected chi connectivity index (χ3v) is 2.93. The maximum atomic E-state index is 13.5. The lowest BCUT2D eigenvalue weighted by molar-refractivity contribution is 0.0594. The van der Waals surface area contributed by atoms with Crippen LogP contribution >= 0.6 is 31.9 Å². The maximum absolute atomic E-state index is 13.5. The van der Waals surface area contributed by atoms with Gasteiger partial charge in [-0.15, -0.1) is 0 Å². The van der Waals surface area contributed by atoms with E-state index in [2.05, 4.69) is 36.6 Å². The van der Waals surface area contributed by atoms with Crippen LogP contribution in [0.2, 0.25) is 0 Å². The average Bonchev–Trinajstić information content (AvgIpc) is 2.20. The van der Waals surface area contributed by atoms with E-state index in [0.717, 1.165) is 0 Å². The van der Waals surface area contributed by atoms with E-state index in [9.17, 15) is 9.18 Å². The maximum Gasteiger partial charge on any atom is 0.341 e. The summed E-state index contributed by atoms with van der Waals surface area (Å²) in [4.78, 5) is 11.3. The van der Waals surface area contributed by atoms with Crippen molar-refractivity contribution in [2.45, 2.75) is 5.33 Å². The molecule has 0 fully saturated rings. The monoisotopic (exact) mass is 324 g/mol. The van der Waals surface area contributed by atoms with Crippen LogP contribution in [-0.4, -0.2) is 13.1 Å². The van der Waals surface area contributed by atoms with Gasteiger partial charge in [0, 0.05) is 5.33 Å². The highest BCUT2D eigenvalue weighted by molar-refractivity contribution is 9.10. The van der Waals surface area contributed by atoms with E-state index in [1.165, 1.54) is 7.11 Å². The van der Waals surface area contributed by atoms with E-state index in [4.69, 9.17) is 0 Å². The average molecular weight is 326 g/mol. The zero-order chi connectivity index (χ0) is 10.7. The minimum absolute atomic E-state index is 0.0289. The van der Waals surface area contributed by atoms with Crippen LogP contribution in [0, 0.1) is 5.82 Å². The highest BCUT2D eigenvalue weighted by Gasteiger charge is 2.18. The van der Waals surface area contributed by atoms with E-state index in [-0.39, 0.29) is 10.0 Å². The molecule has 0 spiro atoms. The van der Waals surface area contributed by atoms with Crippen LogP contribution in [0.3, 0.4) is 0 Å². The summed E-state index contributed by atoms with van der Waals surface area (Å²) in [6, 6.07) is 3.21. The van der Waals surface area contributed by atoms with Crippen molar-refractivity contribution in [2.24, 2.45) is 0 Å². The first-order valence-electron chi connectivity index (χ1n) is 3.73. The number of esters is 1. The predicted octanol–water partition coefficient (Wildman–Crippen LogP) is 3.27. The molecule has 0 heterocycles. The van der Waals surface area contributed by atoms with Crippen LogP contribution in [-0.2, 0) is 10.1 Å². The van der Waals surface area contributed by atoms with Gasteiger partial charge < -0.3 is 4.74 Å². The van der Waals surface area contributed by atoms with Crippen LogP contribution in [0.5, 0.6) is 0 Å². The topological polar surface area (TPSA) is 26.3 Å². The number of halogens is 3. The van der Waals surface area contributed by atoms with Gasteiger partial charge in [-0.05, 0) is 27.6 Å². The van der Waals surface area contributed by atoms with Crippen molar-refractivity contribution in [3.8, 4) is 0 Å². The van der Waals surface area contributed by atoms with Crippen molar-refractivity contribution >= 4 is 37.8 Å². The Balaban J connectivity index is 3.35. The zero-order valence-electron chi connectivity index (χ0n) is 7.31. The second kappa shape index (κ2) is 4.89. The van der Waals surface area contributed by atoms with Gasteiger partial charge in [0.05, 0.1) is 11.6 Å². The van der Waals surface area contributed by atoms with Gasteiger partial charge in [0.15, 0.2) is 5.82 Å². The Kier molecular flexibility index (Phi) is 4.07. The molecule has 0 N–H and O–H groups in total. The summed E-state index contributed by atoms with van der Waals surface area (Å²) in [5.41, 5.74) is 0.538. The summed E-state index contributed by atoms with van der Waals surface area (Å²) in [5.74, 6) is -1.26. The summed E-state index contributed by atoms with van der Waals surface area (Å²) in [5, 5.41) is 0.404. The number of alkyl halides is 1. The molecular formula is C9H7Br2FO2. The Hall–Kier alpha value is -0.420. The summed E-state index contributed by atoms with van der Waals surface area (Å²) in [7, 11) is 1.22. The molecule has 1 aromatic rings. The predicted molar refractivity (Wildman–Crippen MR) is 58.1 cm³/mol. The first-order chi connectivity index (χ1) is 6.61. The molecule has 0 bridgehead atoms. The third-order valence-electron chi connectivity index (χ3n) is 1.71. The first kappa shape index (κ1) is 11.7. The van der Waals surface area contributed by atoms with Gasteiger partial charge in [0.2, 0.25) is 0 Å². The van der Waals surface area contributed by atoms with Crippen molar-refractivity contribution in [2.75, 3.05) is 7.11 Å². The first-order valence-corrected chi connectivity index (χ1v) is 5.64. The fourth-order valence-corrected chi connectivity index (χ4v) is 1.82. The van der Waals surface area contributed by atoms with Crippen LogP contribution < -0.4 is 0 Å². The van der Waals surface area contributed by atoms with Crippen LogP contribution in [0.15, 0.2) is 16.6 Å². The SMILES string of the molecule is COC(=O)c1c(CBr)ccc(Br)c1F. The summed E-state index contributed by atoms with van der Waals surface area (Å²) < 4.78 is 18.3. The van der Waals surface area contributed by atoms with Crippen LogP contribution in [0.1, 0.15) is 15.9 Å². The van der Waals surface area contributed by atoms with Gasteiger partial charge in [0.1, 0.15) is 5.56 Å². The van der Waals surface area contributed by atoms with Crippen LogP contribution in [0.25, 0.3) is 0 Å². The molecule has 5 heteroatoms. The van der Waals surface area contributed by atoms with Gasteiger partial charge in [-0.25, -0.2) is 9.18 Å². The van der Waals surface area contributed by atoms with Gasteiger partial charge in [0.25, 0.3) is 0 Å². The molecule has 76 valence electrons. The lowest BCUT2D eigenvalue weighted by atomic mass is 10.1. The highest BCUT2D eigenvalue weighted by atomic mass is 79.9. The molecule has 0 amide bonds. The molecule has 0 atom stereocenters. The van der Waals surface area contributed by atoms with E-state index in [1.807, 2.05) is 0 Å². The molecule has 14 heavy (non-hydrogen) atoms. The van der Waals surface area contributed by atoms with Crippen molar-refractivity contribution in [1.82, 2.24) is 0 Å². The smallest absolute Gasteiger partial charge is 0.341 e. The van der Waals surface area contributed by atoms with E-state index in [1.54, 1.807) is 12.1 Å².